The largest absolute Gasteiger partial charge is 0.491 e. The normalized spacial score (nSPS) is 14.5. The van der Waals surface area contributed by atoms with Gasteiger partial charge in [-0.2, -0.15) is 0 Å². The van der Waals surface area contributed by atoms with Crippen LogP contribution in [0.1, 0.15) is 22.3 Å². The van der Waals surface area contributed by atoms with Crippen molar-refractivity contribution in [2.75, 3.05) is 26.8 Å². The summed E-state index contributed by atoms with van der Waals surface area (Å²) in [6.07, 6.45) is 2.11. The summed E-state index contributed by atoms with van der Waals surface area (Å²) < 4.78 is 5.56. The number of benzene rings is 3. The first-order valence-electron chi connectivity index (χ1n) is 11.0. The molecular formula is C27H32N2O2. The van der Waals surface area contributed by atoms with Crippen LogP contribution in [0.15, 0.2) is 78.9 Å². The predicted molar refractivity (Wildman–Crippen MR) is 125 cm³/mol. The van der Waals surface area contributed by atoms with Crippen molar-refractivity contribution in [2.24, 2.45) is 0 Å². The first-order valence-corrected chi connectivity index (χ1v) is 11.0. The maximum Gasteiger partial charge on any atom is 0.119 e. The van der Waals surface area contributed by atoms with E-state index in [1.165, 1.54) is 22.3 Å². The van der Waals surface area contributed by atoms with Crippen LogP contribution in [0.3, 0.4) is 0 Å². The fraction of sp³-hybridized carbons (Fsp3) is 0.333. The number of ether oxygens (including phenoxy) is 1. The minimum absolute atomic E-state index is 0.0271. The van der Waals surface area contributed by atoms with Crippen LogP contribution in [-0.4, -0.2) is 42.4 Å². The van der Waals surface area contributed by atoms with Gasteiger partial charge in [0.1, 0.15) is 12.4 Å². The molecule has 3 aromatic rings. The van der Waals surface area contributed by atoms with Gasteiger partial charge in [0.05, 0.1) is 6.61 Å². The van der Waals surface area contributed by atoms with Crippen molar-refractivity contribution in [3.63, 3.8) is 0 Å². The summed E-state index contributed by atoms with van der Waals surface area (Å²) in [6.45, 7) is 2.98. The highest BCUT2D eigenvalue weighted by atomic mass is 16.5. The molecule has 162 valence electrons. The van der Waals surface area contributed by atoms with Crippen LogP contribution in [0.2, 0.25) is 0 Å². The molecule has 0 atom stereocenters. The third-order valence-electron chi connectivity index (χ3n) is 6.27. The fourth-order valence-corrected chi connectivity index (χ4v) is 4.58. The fourth-order valence-electron chi connectivity index (χ4n) is 4.58. The molecule has 0 bridgehead atoms. The number of fused-ring (bicyclic) bond motifs is 1. The quantitative estimate of drug-likeness (QED) is 0.527. The monoisotopic (exact) mass is 416 g/mol. The molecule has 31 heavy (non-hydrogen) atoms. The summed E-state index contributed by atoms with van der Waals surface area (Å²) in [5.74, 6) is 0.803. The summed E-state index contributed by atoms with van der Waals surface area (Å²) in [7, 11) is 2.25. The van der Waals surface area contributed by atoms with Crippen molar-refractivity contribution in [3.05, 3.63) is 101 Å². The number of hydrogen-bond donors (Lipinski definition) is 2. The number of nitrogens with zero attached hydrogens (tertiary/aromatic N) is 1. The van der Waals surface area contributed by atoms with E-state index in [1.54, 1.807) is 0 Å². The minimum Gasteiger partial charge on any atom is -0.491 e. The molecule has 4 heteroatoms. The van der Waals surface area contributed by atoms with Crippen molar-refractivity contribution in [1.82, 2.24) is 10.2 Å². The van der Waals surface area contributed by atoms with Crippen molar-refractivity contribution in [3.8, 4) is 5.75 Å². The Morgan fingerprint density at radius 3 is 2.29 bits per heavy atom. The lowest BCUT2D eigenvalue weighted by Gasteiger charge is -2.39. The van der Waals surface area contributed by atoms with E-state index in [0.29, 0.717) is 6.61 Å². The molecule has 0 aliphatic heterocycles. The first kappa shape index (κ1) is 21.6. The highest BCUT2D eigenvalue weighted by Crippen LogP contribution is 2.34. The van der Waals surface area contributed by atoms with Gasteiger partial charge < -0.3 is 15.2 Å². The maximum atomic E-state index is 8.98. The zero-order valence-electron chi connectivity index (χ0n) is 18.3. The summed E-state index contributed by atoms with van der Waals surface area (Å²) in [5.41, 5.74) is 5.50. The third kappa shape index (κ3) is 5.34. The van der Waals surface area contributed by atoms with Crippen molar-refractivity contribution >= 4 is 0 Å². The Balaban J connectivity index is 1.46. The van der Waals surface area contributed by atoms with Gasteiger partial charge in [0, 0.05) is 25.2 Å². The van der Waals surface area contributed by atoms with Crippen LogP contribution in [0.4, 0.5) is 0 Å². The Bertz CT molecular complexity index is 949. The summed E-state index contributed by atoms with van der Waals surface area (Å²) in [5, 5.41) is 12.7. The molecule has 0 aromatic heterocycles. The molecule has 0 unspecified atom stereocenters. The molecule has 0 heterocycles. The van der Waals surface area contributed by atoms with E-state index in [0.717, 1.165) is 38.2 Å². The molecule has 1 aliphatic carbocycles. The van der Waals surface area contributed by atoms with Crippen LogP contribution >= 0.6 is 0 Å². The zero-order valence-corrected chi connectivity index (χ0v) is 18.3. The highest BCUT2D eigenvalue weighted by Gasteiger charge is 2.40. The molecule has 0 saturated carbocycles. The van der Waals surface area contributed by atoms with Crippen LogP contribution in [0.5, 0.6) is 5.75 Å². The molecule has 3 aromatic carbocycles. The summed E-state index contributed by atoms with van der Waals surface area (Å²) in [4.78, 5) is 2.52. The Hall–Kier alpha value is -2.66. The average Bonchev–Trinajstić information content (AvgIpc) is 3.18. The lowest BCUT2D eigenvalue weighted by molar-refractivity contribution is 0.117. The van der Waals surface area contributed by atoms with Crippen LogP contribution in [0, 0.1) is 0 Å². The van der Waals surface area contributed by atoms with Crippen molar-refractivity contribution < 1.29 is 9.84 Å². The molecule has 4 nitrogen and oxygen atoms in total. The van der Waals surface area contributed by atoms with Gasteiger partial charge >= 0.3 is 0 Å². The van der Waals surface area contributed by atoms with Crippen LogP contribution < -0.4 is 10.1 Å². The van der Waals surface area contributed by atoms with E-state index in [9.17, 15) is 0 Å². The van der Waals surface area contributed by atoms with Gasteiger partial charge in [0.25, 0.3) is 0 Å². The lowest BCUT2D eigenvalue weighted by Crippen LogP contribution is -2.53. The standard InChI is InChI=1S/C27H32N2O2/c1-29(20-22-8-3-2-4-9-22)27(17-24-11-5-6-12-25(24)18-27)21-28-19-23-10-7-13-26(16-23)31-15-14-30/h2-13,16,28,30H,14-15,17-21H2,1H3. The SMILES string of the molecule is CN(Cc1ccccc1)C1(CNCc2cccc(OCCO)c2)Cc2ccccc2C1. The third-order valence-corrected chi connectivity index (χ3v) is 6.27. The second kappa shape index (κ2) is 10.1. The number of nitrogens with one attached hydrogen (secondary N) is 1. The van der Waals surface area contributed by atoms with Crippen molar-refractivity contribution in [1.29, 1.82) is 0 Å². The Kier molecular flexibility index (Phi) is 7.03. The number of likely N-dealkylation sites (N-methyl/N-ethyl adjacent to an activating group) is 1. The molecule has 4 rings (SSSR count). The Labute approximate surface area is 185 Å². The number of hydrogen-bond acceptors (Lipinski definition) is 4. The molecule has 0 saturated heterocycles. The molecule has 0 amide bonds. The molecule has 0 spiro atoms. The van der Waals surface area contributed by atoms with Crippen LogP contribution in [-0.2, 0) is 25.9 Å². The second-order valence-electron chi connectivity index (χ2n) is 8.51. The van der Waals surface area contributed by atoms with E-state index < -0.39 is 0 Å². The second-order valence-corrected chi connectivity index (χ2v) is 8.51. The minimum atomic E-state index is 0.0271. The molecule has 1 aliphatic rings. The Morgan fingerprint density at radius 1 is 0.903 bits per heavy atom. The summed E-state index contributed by atoms with van der Waals surface area (Å²) in [6, 6.07) is 27.7. The van der Waals surface area contributed by atoms with Gasteiger partial charge in [-0.1, -0.05) is 66.7 Å². The van der Waals surface area contributed by atoms with Gasteiger partial charge in [0.2, 0.25) is 0 Å². The maximum absolute atomic E-state index is 8.98. The smallest absolute Gasteiger partial charge is 0.119 e. The topological polar surface area (TPSA) is 44.7 Å². The number of rotatable bonds is 10. The van der Waals surface area contributed by atoms with Gasteiger partial charge in [-0.25, -0.2) is 0 Å². The molecular weight excluding hydrogens is 384 g/mol. The summed E-state index contributed by atoms with van der Waals surface area (Å²) >= 11 is 0. The number of aliphatic hydroxyl groups is 1. The van der Waals surface area contributed by atoms with Gasteiger partial charge in [0.15, 0.2) is 0 Å². The predicted octanol–water partition coefficient (Wildman–Crippen LogP) is 3.82. The van der Waals surface area contributed by atoms with E-state index in [4.69, 9.17) is 9.84 Å². The molecule has 0 fully saturated rings. The Morgan fingerprint density at radius 2 is 1.58 bits per heavy atom. The van der Waals surface area contributed by atoms with E-state index in [1.807, 2.05) is 18.2 Å². The van der Waals surface area contributed by atoms with Gasteiger partial charge in [-0.15, -0.1) is 0 Å². The molecule has 2 N–H and O–H groups in total. The van der Waals surface area contributed by atoms with Gasteiger partial charge in [-0.3, -0.25) is 4.90 Å². The average molecular weight is 417 g/mol. The van der Waals surface area contributed by atoms with Gasteiger partial charge in [-0.05, 0) is 54.3 Å². The first-order chi connectivity index (χ1) is 15.2. The van der Waals surface area contributed by atoms with E-state index >= 15 is 0 Å². The van der Waals surface area contributed by atoms with E-state index in [-0.39, 0.29) is 12.1 Å². The van der Waals surface area contributed by atoms with E-state index in [2.05, 4.69) is 77.9 Å². The molecule has 0 radical (unpaired) electrons. The van der Waals surface area contributed by atoms with Crippen LogP contribution in [0.25, 0.3) is 0 Å². The highest BCUT2D eigenvalue weighted by molar-refractivity contribution is 5.37. The lowest BCUT2D eigenvalue weighted by atomic mass is 9.92. The number of aliphatic hydroxyl groups excluding tert-OH is 1. The van der Waals surface area contributed by atoms with Crippen molar-refractivity contribution in [2.45, 2.75) is 31.5 Å². The zero-order chi connectivity index (χ0) is 21.5.